The zero-order valence-corrected chi connectivity index (χ0v) is 15.7. The third kappa shape index (κ3) is 3.85. The smallest absolute Gasteiger partial charge is 0.203 e. The zero-order valence-electron chi connectivity index (χ0n) is 12.7. The Hall–Kier alpha value is -2.13. The average molecular weight is 451 g/mol. The van der Waals surface area contributed by atoms with E-state index in [0.717, 1.165) is 16.8 Å². The Morgan fingerprint density at radius 3 is 2.83 bits per heavy atom. The molecule has 122 valence electrons. The number of aromatic hydroxyl groups is 1. The highest BCUT2D eigenvalue weighted by Crippen LogP contribution is 2.32. The molecule has 0 bridgehead atoms. The Kier molecular flexibility index (Phi) is 5.31. The molecular formula is C17H14IN3O2S. The highest BCUT2D eigenvalue weighted by Gasteiger charge is 2.07. The molecule has 0 saturated carbocycles. The topological polar surface area (TPSA) is 66.7 Å². The number of ether oxygens (including phenoxy) is 1. The monoisotopic (exact) mass is 451 g/mol. The van der Waals surface area contributed by atoms with E-state index in [1.807, 2.05) is 64.4 Å². The van der Waals surface area contributed by atoms with Crippen LogP contribution in [0, 0.1) is 3.57 Å². The van der Waals surface area contributed by atoms with Gasteiger partial charge in [0.1, 0.15) is 0 Å². The minimum Gasteiger partial charge on any atom is -0.504 e. The van der Waals surface area contributed by atoms with Gasteiger partial charge in [0.25, 0.3) is 0 Å². The van der Waals surface area contributed by atoms with Crippen LogP contribution in [-0.4, -0.2) is 23.4 Å². The lowest BCUT2D eigenvalue weighted by Gasteiger charge is -2.06. The predicted octanol–water partition coefficient (Wildman–Crippen LogP) is 4.57. The molecule has 0 spiro atoms. The maximum absolute atomic E-state index is 9.84. The lowest BCUT2D eigenvalue weighted by molar-refractivity contribution is 0.371. The first-order chi connectivity index (χ1) is 11.7. The van der Waals surface area contributed by atoms with Gasteiger partial charge in [0.05, 0.1) is 22.6 Å². The summed E-state index contributed by atoms with van der Waals surface area (Å²) in [7, 11) is 1.52. The number of halogens is 1. The summed E-state index contributed by atoms with van der Waals surface area (Å²) < 4.78 is 5.84. The van der Waals surface area contributed by atoms with Gasteiger partial charge in [-0.15, -0.1) is 11.3 Å². The second kappa shape index (κ2) is 7.63. The molecule has 0 saturated heterocycles. The molecule has 0 aliphatic rings. The SMILES string of the molecule is COc1cc(C=NNc2nc(-c3ccccc3)cs2)cc(I)c1O. The molecule has 0 unspecified atom stereocenters. The summed E-state index contributed by atoms with van der Waals surface area (Å²) in [6.45, 7) is 0. The van der Waals surface area contributed by atoms with Crippen LogP contribution in [0.5, 0.6) is 11.5 Å². The molecule has 1 aromatic heterocycles. The quantitative estimate of drug-likeness (QED) is 0.339. The maximum atomic E-state index is 9.84. The maximum Gasteiger partial charge on any atom is 0.203 e. The summed E-state index contributed by atoms with van der Waals surface area (Å²) in [5.41, 5.74) is 5.74. The molecule has 2 N–H and O–H groups in total. The van der Waals surface area contributed by atoms with E-state index in [-0.39, 0.29) is 5.75 Å². The van der Waals surface area contributed by atoms with E-state index in [0.29, 0.717) is 14.5 Å². The molecule has 0 fully saturated rings. The molecule has 3 aromatic rings. The van der Waals surface area contributed by atoms with E-state index >= 15 is 0 Å². The van der Waals surface area contributed by atoms with Gasteiger partial charge in [0.2, 0.25) is 5.13 Å². The molecule has 2 aromatic carbocycles. The fraction of sp³-hybridized carbons (Fsp3) is 0.0588. The van der Waals surface area contributed by atoms with Crippen molar-refractivity contribution >= 4 is 45.3 Å². The highest BCUT2D eigenvalue weighted by molar-refractivity contribution is 14.1. The fourth-order valence-corrected chi connectivity index (χ4v) is 3.35. The van der Waals surface area contributed by atoms with Gasteiger partial charge in [0, 0.05) is 10.9 Å². The Bertz CT molecular complexity index is 866. The number of thiazole rings is 1. The van der Waals surface area contributed by atoms with Crippen LogP contribution in [0.25, 0.3) is 11.3 Å². The van der Waals surface area contributed by atoms with Gasteiger partial charge in [-0.25, -0.2) is 4.98 Å². The van der Waals surface area contributed by atoms with Crippen LogP contribution in [0.3, 0.4) is 0 Å². The second-order valence-electron chi connectivity index (χ2n) is 4.83. The lowest BCUT2D eigenvalue weighted by Crippen LogP contribution is -1.93. The van der Waals surface area contributed by atoms with E-state index in [9.17, 15) is 5.11 Å². The number of phenolic OH excluding ortho intramolecular Hbond substituents is 1. The Labute approximate surface area is 157 Å². The van der Waals surface area contributed by atoms with Crippen LogP contribution in [0.4, 0.5) is 5.13 Å². The van der Waals surface area contributed by atoms with Crippen LogP contribution in [0.15, 0.2) is 52.9 Å². The van der Waals surface area contributed by atoms with Crippen molar-refractivity contribution in [3.05, 3.63) is 57.0 Å². The number of hydrogen-bond donors (Lipinski definition) is 2. The van der Waals surface area contributed by atoms with E-state index in [4.69, 9.17) is 4.74 Å². The first-order valence-corrected chi connectivity index (χ1v) is 8.99. The molecule has 0 aliphatic heterocycles. The number of methoxy groups -OCH3 is 1. The molecule has 0 radical (unpaired) electrons. The number of benzene rings is 2. The summed E-state index contributed by atoms with van der Waals surface area (Å²) in [5, 5.41) is 16.7. The normalized spacial score (nSPS) is 10.9. The third-order valence-corrected chi connectivity index (χ3v) is 4.79. The Balaban J connectivity index is 1.71. The van der Waals surface area contributed by atoms with Crippen LogP contribution >= 0.6 is 33.9 Å². The van der Waals surface area contributed by atoms with E-state index in [1.165, 1.54) is 18.4 Å². The summed E-state index contributed by atoms with van der Waals surface area (Å²) in [6, 6.07) is 13.5. The van der Waals surface area contributed by atoms with Crippen LogP contribution < -0.4 is 10.2 Å². The molecule has 3 rings (SSSR count). The van der Waals surface area contributed by atoms with Crippen LogP contribution in [0.2, 0.25) is 0 Å². The molecule has 0 atom stereocenters. The Morgan fingerprint density at radius 2 is 2.08 bits per heavy atom. The molecule has 24 heavy (non-hydrogen) atoms. The summed E-state index contributed by atoms with van der Waals surface area (Å²) in [5.74, 6) is 0.555. The largest absolute Gasteiger partial charge is 0.504 e. The minimum absolute atomic E-state index is 0.135. The average Bonchev–Trinajstić information content (AvgIpc) is 3.07. The highest BCUT2D eigenvalue weighted by atomic mass is 127. The predicted molar refractivity (Wildman–Crippen MR) is 106 cm³/mol. The van der Waals surface area contributed by atoms with Crippen LogP contribution in [-0.2, 0) is 0 Å². The first-order valence-electron chi connectivity index (χ1n) is 7.04. The van der Waals surface area contributed by atoms with Gasteiger partial charge in [-0.1, -0.05) is 30.3 Å². The summed E-state index contributed by atoms with van der Waals surface area (Å²) in [4.78, 5) is 4.50. The van der Waals surface area contributed by atoms with Gasteiger partial charge in [0.15, 0.2) is 11.5 Å². The standard InChI is InChI=1S/C17H14IN3O2S/c1-23-15-8-11(7-13(18)16(15)22)9-19-21-17-20-14(10-24-17)12-5-3-2-4-6-12/h2-10,22H,1H3,(H,20,21). The van der Waals surface area contributed by atoms with Gasteiger partial charge in [-0.05, 0) is 40.3 Å². The van der Waals surface area contributed by atoms with E-state index in [2.05, 4.69) is 15.5 Å². The third-order valence-electron chi connectivity index (χ3n) is 3.22. The van der Waals surface area contributed by atoms with Crippen molar-refractivity contribution in [1.82, 2.24) is 4.98 Å². The lowest BCUT2D eigenvalue weighted by atomic mass is 10.2. The zero-order chi connectivity index (χ0) is 16.9. The van der Waals surface area contributed by atoms with Crippen molar-refractivity contribution in [2.45, 2.75) is 0 Å². The molecular weight excluding hydrogens is 437 g/mol. The number of nitrogens with zero attached hydrogens (tertiary/aromatic N) is 2. The number of rotatable bonds is 5. The van der Waals surface area contributed by atoms with Gasteiger partial charge >= 0.3 is 0 Å². The van der Waals surface area contributed by atoms with Gasteiger partial charge < -0.3 is 9.84 Å². The van der Waals surface area contributed by atoms with Crippen molar-refractivity contribution < 1.29 is 9.84 Å². The van der Waals surface area contributed by atoms with Crippen molar-refractivity contribution in [3.8, 4) is 22.8 Å². The van der Waals surface area contributed by atoms with Crippen molar-refractivity contribution in [2.75, 3.05) is 12.5 Å². The number of nitrogens with one attached hydrogen (secondary N) is 1. The summed E-state index contributed by atoms with van der Waals surface area (Å²) in [6.07, 6.45) is 1.66. The molecule has 1 heterocycles. The second-order valence-corrected chi connectivity index (χ2v) is 6.85. The number of hydrogen-bond acceptors (Lipinski definition) is 6. The van der Waals surface area contributed by atoms with Gasteiger partial charge in [-0.3, -0.25) is 5.43 Å². The number of anilines is 1. The molecule has 5 nitrogen and oxygen atoms in total. The number of phenols is 1. The van der Waals surface area contributed by atoms with Crippen molar-refractivity contribution in [2.24, 2.45) is 5.10 Å². The minimum atomic E-state index is 0.135. The van der Waals surface area contributed by atoms with Gasteiger partial charge in [-0.2, -0.15) is 5.10 Å². The molecule has 0 amide bonds. The molecule has 0 aliphatic carbocycles. The summed E-state index contributed by atoms with van der Waals surface area (Å²) >= 11 is 3.54. The Morgan fingerprint density at radius 1 is 1.29 bits per heavy atom. The number of aromatic nitrogens is 1. The first kappa shape index (κ1) is 16.7. The molecule has 7 heteroatoms. The van der Waals surface area contributed by atoms with Crippen LogP contribution in [0.1, 0.15) is 5.56 Å². The van der Waals surface area contributed by atoms with Crippen molar-refractivity contribution in [3.63, 3.8) is 0 Å². The van der Waals surface area contributed by atoms with E-state index in [1.54, 1.807) is 12.3 Å². The number of hydrazone groups is 1. The fourth-order valence-electron chi connectivity index (χ4n) is 2.05. The van der Waals surface area contributed by atoms with Crippen molar-refractivity contribution in [1.29, 1.82) is 0 Å². The van der Waals surface area contributed by atoms with E-state index < -0.39 is 0 Å².